The van der Waals surface area contributed by atoms with Gasteiger partial charge in [-0.1, -0.05) is 12.1 Å². The van der Waals surface area contributed by atoms with Gasteiger partial charge in [-0.3, -0.25) is 0 Å². The third-order valence-corrected chi connectivity index (χ3v) is 1.73. The quantitative estimate of drug-likeness (QED) is 0.354. The molecule has 0 aliphatic heterocycles. The van der Waals surface area contributed by atoms with Crippen LogP contribution in [0.3, 0.4) is 0 Å². The molecule has 0 atom stereocenters. The van der Waals surface area contributed by atoms with Crippen molar-refractivity contribution in [3.8, 4) is 5.75 Å². The predicted molar refractivity (Wildman–Crippen MR) is 68.4 cm³/mol. The molecule has 0 aliphatic carbocycles. The Morgan fingerprint density at radius 2 is 1.57 bits per heavy atom. The number of hydrogen-bond acceptors (Lipinski definition) is 3. The zero-order chi connectivity index (χ0) is 18.4. The van der Waals surface area contributed by atoms with Crippen LogP contribution in [0, 0.1) is 26.6 Å². The van der Waals surface area contributed by atoms with Crippen molar-refractivity contribution in [1.82, 2.24) is 0 Å². The summed E-state index contributed by atoms with van der Waals surface area (Å²) in [5, 5.41) is 0. The van der Waals surface area contributed by atoms with Crippen LogP contribution in [-0.4, -0.2) is 13.1 Å². The van der Waals surface area contributed by atoms with Gasteiger partial charge in [-0.15, -0.1) is 0 Å². The van der Waals surface area contributed by atoms with Crippen LogP contribution < -0.4 is 4.74 Å². The van der Waals surface area contributed by atoms with Gasteiger partial charge in [0.2, 0.25) is 0 Å². The number of methoxy groups -OCH3 is 1. The molecule has 0 bridgehead atoms. The average Bonchev–Trinajstić information content (AvgIpc) is 2.66. The van der Waals surface area contributed by atoms with E-state index in [1.165, 1.54) is 0 Å². The number of ether oxygens (including phenoxy) is 2. The Hall–Kier alpha value is -2.24. The molecule has 0 saturated heterocycles. The first-order valence-corrected chi connectivity index (χ1v) is 5.05. The van der Waals surface area contributed by atoms with Crippen LogP contribution in [0.5, 0.6) is 5.75 Å². The van der Waals surface area contributed by atoms with E-state index in [0.29, 0.717) is 6.61 Å². The van der Waals surface area contributed by atoms with E-state index in [4.69, 9.17) is 28.1 Å². The van der Waals surface area contributed by atoms with E-state index in [-0.39, 0.29) is 23.1 Å². The second-order valence-corrected chi connectivity index (χ2v) is 2.80. The summed E-state index contributed by atoms with van der Waals surface area (Å²) in [6.45, 7) is 19.9. The van der Waals surface area contributed by atoms with Crippen molar-refractivity contribution in [2.24, 2.45) is 0 Å². The zero-order valence-electron chi connectivity index (χ0n) is 12.3. The molecule has 0 aromatic heterocycles. The monoisotopic (exact) mass is 356 g/mol. The molecule has 0 aliphatic rings. The van der Waals surface area contributed by atoms with Crippen molar-refractivity contribution in [1.29, 1.82) is 0 Å². The van der Waals surface area contributed by atoms with E-state index >= 15 is 0 Å². The fourth-order valence-corrected chi connectivity index (χ4v) is 0.983. The normalized spacial score (nSPS) is 5.83. The fraction of sp³-hybridized carbons (Fsp3) is 0.200. The van der Waals surface area contributed by atoms with Crippen molar-refractivity contribution in [3.05, 3.63) is 62.2 Å². The second-order valence-electron chi connectivity index (χ2n) is 2.80. The van der Waals surface area contributed by atoms with Crippen LogP contribution in [0.1, 0.15) is 12.5 Å². The molecular formula is C15H12CrO7. The SMILES string of the molecule is COc1cccc(COC(C)=C=O)c1.[C-]#[O+].[C-]#[O+].[C-]#[O+].[C-]#[O+].[Cr]. The Labute approximate surface area is 145 Å². The molecule has 120 valence electrons. The van der Waals surface area contributed by atoms with Crippen molar-refractivity contribution in [2.75, 3.05) is 7.11 Å². The standard InChI is InChI=1S/C11H12O3.4CO.Cr/c1-9(7-12)14-8-10-4-3-5-11(6-10)13-2;4*1-2;/h3-6H,8H2,1-2H3;;;;;. The van der Waals surface area contributed by atoms with Crippen molar-refractivity contribution >= 4 is 5.94 Å². The van der Waals surface area contributed by atoms with E-state index in [1.54, 1.807) is 20.0 Å². The zero-order valence-corrected chi connectivity index (χ0v) is 13.6. The van der Waals surface area contributed by atoms with Crippen LogP contribution in [0.15, 0.2) is 30.0 Å². The van der Waals surface area contributed by atoms with Gasteiger partial charge in [-0.25, -0.2) is 4.79 Å². The summed E-state index contributed by atoms with van der Waals surface area (Å²) in [5.74, 6) is 2.71. The summed E-state index contributed by atoms with van der Waals surface area (Å²) in [5.41, 5.74) is 0.957. The molecule has 1 aromatic carbocycles. The van der Waals surface area contributed by atoms with Gasteiger partial charge in [-0.2, -0.15) is 0 Å². The summed E-state index contributed by atoms with van der Waals surface area (Å²) in [4.78, 5) is 10.1. The maximum atomic E-state index is 10.1. The first kappa shape index (κ1) is 32.6. The van der Waals surface area contributed by atoms with E-state index in [1.807, 2.05) is 24.3 Å². The Bertz CT molecular complexity index is 487. The summed E-state index contributed by atoms with van der Waals surface area (Å²) in [6.07, 6.45) is 0. The van der Waals surface area contributed by atoms with Crippen LogP contribution in [0.2, 0.25) is 0 Å². The van der Waals surface area contributed by atoms with Gasteiger partial charge in [-0.05, 0) is 17.7 Å². The topological polar surface area (TPSA) is 115 Å². The summed E-state index contributed by atoms with van der Waals surface area (Å²) < 4.78 is 40.2. The van der Waals surface area contributed by atoms with Gasteiger partial charge in [0.25, 0.3) is 0 Å². The first-order chi connectivity index (χ1) is 10.8. The minimum atomic E-state index is 0. The molecule has 0 heterocycles. The van der Waals surface area contributed by atoms with E-state index in [2.05, 4.69) is 26.6 Å². The van der Waals surface area contributed by atoms with E-state index in [0.717, 1.165) is 11.3 Å². The number of rotatable bonds is 4. The molecule has 23 heavy (non-hydrogen) atoms. The Morgan fingerprint density at radius 1 is 1.09 bits per heavy atom. The maximum absolute atomic E-state index is 10.1. The summed E-state index contributed by atoms with van der Waals surface area (Å²) in [7, 11) is 1.61. The van der Waals surface area contributed by atoms with Gasteiger partial charge in [0, 0.05) is 24.3 Å². The third-order valence-electron chi connectivity index (χ3n) is 1.73. The molecule has 0 radical (unpaired) electrons. The smallest absolute Gasteiger partial charge is 0 e. The predicted octanol–water partition coefficient (Wildman–Crippen LogP) is 1.79. The van der Waals surface area contributed by atoms with Gasteiger partial charge < -0.3 is 9.47 Å². The molecule has 1 rings (SSSR count). The van der Waals surface area contributed by atoms with Gasteiger partial charge in [0.1, 0.15) is 12.4 Å². The first-order valence-electron chi connectivity index (χ1n) is 5.05. The minimum absolute atomic E-state index is 0. The van der Waals surface area contributed by atoms with Crippen LogP contribution in [0.4, 0.5) is 0 Å². The molecule has 0 saturated carbocycles. The van der Waals surface area contributed by atoms with Gasteiger partial charge in [0.05, 0.1) is 7.11 Å². The molecule has 0 amide bonds. The minimum Gasteiger partial charge on any atom is 0 e. The Balaban J connectivity index is -0.000000105. The molecule has 0 unspecified atom stereocenters. The molecule has 1 aromatic rings. The van der Waals surface area contributed by atoms with E-state index < -0.39 is 0 Å². The Kier molecular flexibility index (Phi) is 45.3. The largest absolute Gasteiger partial charge is 0 e. The molecule has 7 nitrogen and oxygen atoms in total. The third kappa shape index (κ3) is 22.2. The maximum Gasteiger partial charge on any atom is 0 e. The molecule has 0 fully saturated rings. The Morgan fingerprint density at radius 3 is 1.96 bits per heavy atom. The van der Waals surface area contributed by atoms with Crippen LogP contribution >= 0.6 is 0 Å². The average molecular weight is 356 g/mol. The fourth-order valence-electron chi connectivity index (χ4n) is 0.983. The van der Waals surface area contributed by atoms with Crippen molar-refractivity contribution in [2.45, 2.75) is 13.5 Å². The van der Waals surface area contributed by atoms with E-state index in [9.17, 15) is 4.79 Å². The van der Waals surface area contributed by atoms with Crippen molar-refractivity contribution in [3.63, 3.8) is 0 Å². The van der Waals surface area contributed by atoms with Crippen LogP contribution in [-0.2, 0) is 52.1 Å². The second kappa shape index (κ2) is 31.9. The molecule has 0 N–H and O–H groups in total. The number of allylic oxidation sites excluding steroid dienone is 1. The number of benzene rings is 1. The summed E-state index contributed by atoms with van der Waals surface area (Å²) >= 11 is 0. The number of carbonyl (C=O) groups excluding carboxylic acids is 1. The van der Waals surface area contributed by atoms with Crippen LogP contribution in [0.25, 0.3) is 0 Å². The van der Waals surface area contributed by atoms with Crippen molar-refractivity contribution < 1.29 is 50.2 Å². The van der Waals surface area contributed by atoms with Gasteiger partial charge >= 0.3 is 45.2 Å². The van der Waals surface area contributed by atoms with Gasteiger partial charge in [0.15, 0.2) is 11.7 Å². The number of hydrogen-bond donors (Lipinski definition) is 0. The molecule has 8 heteroatoms. The molecular weight excluding hydrogens is 344 g/mol. The summed E-state index contributed by atoms with van der Waals surface area (Å²) in [6, 6.07) is 7.49. The molecule has 0 spiro atoms.